The monoisotopic (exact) mass is 256 g/mol. The number of nitrogens with zero attached hydrogens (tertiary/aromatic N) is 2. The summed E-state index contributed by atoms with van der Waals surface area (Å²) < 4.78 is 37.8. The molecule has 1 aliphatic rings. The second-order valence-corrected chi connectivity index (χ2v) is 4.19. The molecule has 1 heterocycles. The molecule has 1 aromatic rings. The standard InChI is InChI=1S/C13H15F3N2/c1-2-17-7-4-8-18(17)10-11-5-3-6-12(9-11)13(14,15)16/h3-7,9H,2,8,10H2,1H3. The van der Waals surface area contributed by atoms with Crippen LogP contribution in [0.2, 0.25) is 0 Å². The van der Waals surface area contributed by atoms with Gasteiger partial charge in [0.1, 0.15) is 0 Å². The van der Waals surface area contributed by atoms with Crippen molar-refractivity contribution in [1.29, 1.82) is 0 Å². The van der Waals surface area contributed by atoms with Crippen LogP contribution >= 0.6 is 0 Å². The second-order valence-electron chi connectivity index (χ2n) is 4.19. The Labute approximate surface area is 104 Å². The highest BCUT2D eigenvalue weighted by molar-refractivity contribution is 5.25. The Morgan fingerprint density at radius 1 is 1.28 bits per heavy atom. The summed E-state index contributed by atoms with van der Waals surface area (Å²) in [5, 5.41) is 4.01. The number of hydrogen-bond acceptors (Lipinski definition) is 2. The van der Waals surface area contributed by atoms with Gasteiger partial charge in [0.2, 0.25) is 0 Å². The smallest absolute Gasteiger partial charge is 0.313 e. The van der Waals surface area contributed by atoms with E-state index in [0.29, 0.717) is 12.1 Å². The highest BCUT2D eigenvalue weighted by atomic mass is 19.4. The quantitative estimate of drug-likeness (QED) is 0.819. The van der Waals surface area contributed by atoms with Gasteiger partial charge in [0, 0.05) is 25.8 Å². The summed E-state index contributed by atoms with van der Waals surface area (Å²) in [6, 6.07) is 5.49. The van der Waals surface area contributed by atoms with Crippen LogP contribution in [0.3, 0.4) is 0 Å². The molecule has 2 rings (SSSR count). The predicted octanol–water partition coefficient (Wildman–Crippen LogP) is 3.27. The first-order valence-corrected chi connectivity index (χ1v) is 5.85. The molecule has 18 heavy (non-hydrogen) atoms. The van der Waals surface area contributed by atoms with Crippen molar-refractivity contribution in [3.8, 4) is 0 Å². The number of hydrogen-bond donors (Lipinski definition) is 0. The van der Waals surface area contributed by atoms with Crippen LogP contribution < -0.4 is 0 Å². The summed E-state index contributed by atoms with van der Waals surface area (Å²) in [6.07, 6.45) is -0.325. The maximum absolute atomic E-state index is 12.6. The van der Waals surface area contributed by atoms with Gasteiger partial charge in [-0.05, 0) is 18.6 Å². The van der Waals surface area contributed by atoms with Crippen molar-refractivity contribution in [3.05, 3.63) is 47.7 Å². The Hall–Kier alpha value is -1.49. The van der Waals surface area contributed by atoms with Crippen LogP contribution in [-0.4, -0.2) is 23.1 Å². The molecule has 0 aromatic heterocycles. The Morgan fingerprint density at radius 3 is 2.72 bits per heavy atom. The van der Waals surface area contributed by atoms with Gasteiger partial charge in [-0.1, -0.05) is 24.3 Å². The van der Waals surface area contributed by atoms with Gasteiger partial charge in [0.15, 0.2) is 0 Å². The second kappa shape index (κ2) is 5.02. The van der Waals surface area contributed by atoms with Crippen molar-refractivity contribution in [3.63, 3.8) is 0 Å². The van der Waals surface area contributed by atoms with Crippen LogP contribution in [-0.2, 0) is 12.7 Å². The van der Waals surface area contributed by atoms with Crippen molar-refractivity contribution in [2.75, 3.05) is 13.1 Å². The summed E-state index contributed by atoms with van der Waals surface area (Å²) >= 11 is 0. The molecule has 0 saturated heterocycles. The van der Waals surface area contributed by atoms with E-state index in [2.05, 4.69) is 0 Å². The molecule has 2 nitrogen and oxygen atoms in total. The number of rotatable bonds is 3. The van der Waals surface area contributed by atoms with Gasteiger partial charge >= 0.3 is 6.18 Å². The third-order valence-corrected chi connectivity index (χ3v) is 2.90. The Balaban J connectivity index is 2.10. The van der Waals surface area contributed by atoms with Gasteiger partial charge in [0.25, 0.3) is 0 Å². The first-order valence-electron chi connectivity index (χ1n) is 5.85. The van der Waals surface area contributed by atoms with Gasteiger partial charge in [0.05, 0.1) is 5.56 Å². The molecular formula is C13H15F3N2. The lowest BCUT2D eigenvalue weighted by atomic mass is 10.1. The molecule has 0 spiro atoms. The van der Waals surface area contributed by atoms with E-state index in [9.17, 15) is 13.2 Å². The van der Waals surface area contributed by atoms with Gasteiger partial charge < -0.3 is 5.01 Å². The molecule has 5 heteroatoms. The zero-order valence-corrected chi connectivity index (χ0v) is 10.1. The topological polar surface area (TPSA) is 6.48 Å². The van der Waals surface area contributed by atoms with E-state index >= 15 is 0 Å². The summed E-state index contributed by atoms with van der Waals surface area (Å²) in [6.45, 7) is 4.05. The van der Waals surface area contributed by atoms with Crippen molar-refractivity contribution < 1.29 is 13.2 Å². The molecule has 1 aliphatic heterocycles. The molecule has 0 atom stereocenters. The average molecular weight is 256 g/mol. The first kappa shape index (κ1) is 13.0. The molecule has 0 radical (unpaired) electrons. The molecule has 0 aliphatic carbocycles. The zero-order chi connectivity index (χ0) is 13.2. The van der Waals surface area contributed by atoms with Crippen molar-refractivity contribution in [2.45, 2.75) is 19.6 Å². The largest absolute Gasteiger partial charge is 0.416 e. The molecule has 0 bridgehead atoms. The minimum atomic E-state index is -4.27. The SMILES string of the molecule is CCN1C=CCN1Cc1cccc(C(F)(F)F)c1. The Morgan fingerprint density at radius 2 is 2.06 bits per heavy atom. The van der Waals surface area contributed by atoms with E-state index in [1.54, 1.807) is 6.07 Å². The van der Waals surface area contributed by atoms with Crippen molar-refractivity contribution in [2.24, 2.45) is 0 Å². The molecule has 0 fully saturated rings. The predicted molar refractivity (Wildman–Crippen MR) is 63.4 cm³/mol. The van der Waals surface area contributed by atoms with Crippen LogP contribution in [0.25, 0.3) is 0 Å². The lowest BCUT2D eigenvalue weighted by Gasteiger charge is -2.28. The number of halogens is 3. The minimum Gasteiger partial charge on any atom is -0.313 e. The average Bonchev–Trinajstić information content (AvgIpc) is 2.75. The summed E-state index contributed by atoms with van der Waals surface area (Å²) in [5.74, 6) is 0. The maximum atomic E-state index is 12.6. The number of benzene rings is 1. The molecular weight excluding hydrogens is 241 g/mol. The normalized spacial score (nSPS) is 16.6. The van der Waals surface area contributed by atoms with Crippen LogP contribution in [0.4, 0.5) is 13.2 Å². The third-order valence-electron chi connectivity index (χ3n) is 2.90. The fraction of sp³-hybridized carbons (Fsp3) is 0.385. The zero-order valence-electron chi connectivity index (χ0n) is 10.1. The van der Waals surface area contributed by atoms with Crippen LogP contribution in [0.15, 0.2) is 36.5 Å². The van der Waals surface area contributed by atoms with E-state index in [0.717, 1.165) is 19.2 Å². The van der Waals surface area contributed by atoms with E-state index in [1.807, 2.05) is 29.2 Å². The molecule has 0 saturated carbocycles. The van der Waals surface area contributed by atoms with E-state index in [-0.39, 0.29) is 0 Å². The first-order chi connectivity index (χ1) is 8.50. The lowest BCUT2D eigenvalue weighted by molar-refractivity contribution is -0.137. The highest BCUT2D eigenvalue weighted by Gasteiger charge is 2.30. The molecule has 98 valence electrons. The Kier molecular flexibility index (Phi) is 3.61. The van der Waals surface area contributed by atoms with Crippen LogP contribution in [0.5, 0.6) is 0 Å². The molecule has 0 N–H and O–H groups in total. The number of alkyl halides is 3. The lowest BCUT2D eigenvalue weighted by Crippen LogP contribution is -2.34. The summed E-state index contributed by atoms with van der Waals surface area (Å²) in [7, 11) is 0. The Bertz CT molecular complexity index is 440. The maximum Gasteiger partial charge on any atom is 0.416 e. The fourth-order valence-corrected chi connectivity index (χ4v) is 2.01. The highest BCUT2D eigenvalue weighted by Crippen LogP contribution is 2.29. The van der Waals surface area contributed by atoms with Crippen LogP contribution in [0, 0.1) is 0 Å². The van der Waals surface area contributed by atoms with E-state index in [1.165, 1.54) is 12.1 Å². The van der Waals surface area contributed by atoms with Gasteiger partial charge in [-0.25, -0.2) is 5.01 Å². The molecule has 0 amide bonds. The molecule has 0 unspecified atom stereocenters. The van der Waals surface area contributed by atoms with Gasteiger partial charge in [-0.3, -0.25) is 0 Å². The third kappa shape index (κ3) is 2.85. The van der Waals surface area contributed by atoms with Crippen molar-refractivity contribution >= 4 is 0 Å². The fourth-order valence-electron chi connectivity index (χ4n) is 2.01. The van der Waals surface area contributed by atoms with Crippen LogP contribution in [0.1, 0.15) is 18.1 Å². The van der Waals surface area contributed by atoms with Gasteiger partial charge in [-0.2, -0.15) is 13.2 Å². The van der Waals surface area contributed by atoms with E-state index in [4.69, 9.17) is 0 Å². The minimum absolute atomic E-state index is 0.491. The van der Waals surface area contributed by atoms with Crippen molar-refractivity contribution in [1.82, 2.24) is 10.0 Å². The van der Waals surface area contributed by atoms with E-state index < -0.39 is 11.7 Å². The molecule has 1 aromatic carbocycles. The summed E-state index contributed by atoms with van der Waals surface area (Å²) in [4.78, 5) is 0. The van der Waals surface area contributed by atoms with Gasteiger partial charge in [-0.15, -0.1) is 0 Å². The summed E-state index contributed by atoms with van der Waals surface area (Å²) in [5.41, 5.74) is 0.0854. The number of hydrazine groups is 1.